The number of hydrogen-bond acceptors (Lipinski definition) is 4. The van der Waals surface area contributed by atoms with E-state index in [1.165, 1.54) is 0 Å². The molecule has 0 unspecified atom stereocenters. The smallest absolute Gasteiger partial charge is 0.276 e. The quantitative estimate of drug-likeness (QED) is 0.474. The zero-order valence-corrected chi connectivity index (χ0v) is 19.1. The summed E-state index contributed by atoms with van der Waals surface area (Å²) in [4.78, 5) is 35.8. The Morgan fingerprint density at radius 2 is 1.66 bits per heavy atom. The molecule has 2 rings (SSSR count). The van der Waals surface area contributed by atoms with E-state index in [0.29, 0.717) is 27.9 Å². The molecule has 0 spiro atoms. The molecular formula is C20H21Br2N3O4. The van der Waals surface area contributed by atoms with Gasteiger partial charge in [-0.1, -0.05) is 29.8 Å². The van der Waals surface area contributed by atoms with Gasteiger partial charge < -0.3 is 10.1 Å². The van der Waals surface area contributed by atoms with E-state index < -0.39 is 11.8 Å². The van der Waals surface area contributed by atoms with Crippen LogP contribution >= 0.6 is 31.9 Å². The van der Waals surface area contributed by atoms with Crippen molar-refractivity contribution in [1.29, 1.82) is 0 Å². The second-order valence-corrected chi connectivity index (χ2v) is 8.36. The lowest BCUT2D eigenvalue weighted by Gasteiger charge is -2.11. The number of rotatable bonds is 7. The van der Waals surface area contributed by atoms with Crippen LogP contribution in [0.5, 0.6) is 5.75 Å². The van der Waals surface area contributed by atoms with Gasteiger partial charge in [-0.2, -0.15) is 0 Å². The molecule has 7 nitrogen and oxygen atoms in total. The maximum absolute atomic E-state index is 12.1. The van der Waals surface area contributed by atoms with Gasteiger partial charge in [0.25, 0.3) is 11.8 Å². The minimum atomic E-state index is -0.509. The molecule has 0 aliphatic carbocycles. The van der Waals surface area contributed by atoms with E-state index in [-0.39, 0.29) is 18.4 Å². The molecule has 0 radical (unpaired) electrons. The molecule has 0 heterocycles. The Bertz CT molecular complexity index is 886. The third-order valence-corrected chi connectivity index (χ3v) is 4.71. The van der Waals surface area contributed by atoms with Crippen LogP contribution in [0.25, 0.3) is 0 Å². The minimum absolute atomic E-state index is 0.0816. The van der Waals surface area contributed by atoms with Crippen LogP contribution in [0.15, 0.2) is 51.4 Å². The molecular weight excluding hydrogens is 506 g/mol. The van der Waals surface area contributed by atoms with Crippen LogP contribution in [-0.2, 0) is 9.59 Å². The fourth-order valence-corrected chi connectivity index (χ4v) is 3.42. The number of anilines is 1. The van der Waals surface area contributed by atoms with Gasteiger partial charge in [-0.25, -0.2) is 0 Å². The number of ether oxygens (including phenoxy) is 1. The Morgan fingerprint density at radius 1 is 0.966 bits per heavy atom. The second-order valence-electron chi connectivity index (χ2n) is 6.59. The predicted molar refractivity (Wildman–Crippen MR) is 117 cm³/mol. The van der Waals surface area contributed by atoms with Crippen molar-refractivity contribution in [3.63, 3.8) is 0 Å². The summed E-state index contributed by atoms with van der Waals surface area (Å²) in [6, 6.07) is 11.7. The monoisotopic (exact) mass is 525 g/mol. The zero-order chi connectivity index (χ0) is 21.4. The Morgan fingerprint density at radius 3 is 2.28 bits per heavy atom. The van der Waals surface area contributed by atoms with E-state index in [4.69, 9.17) is 4.74 Å². The molecule has 0 bridgehead atoms. The molecule has 0 atom stereocenters. The summed E-state index contributed by atoms with van der Waals surface area (Å²) in [5, 5.41) is 2.77. The summed E-state index contributed by atoms with van der Waals surface area (Å²) in [6.45, 7) is 3.66. The summed E-state index contributed by atoms with van der Waals surface area (Å²) in [6.07, 6.45) is 0.424. The molecule has 2 aromatic rings. The first-order valence-electron chi connectivity index (χ1n) is 8.81. The SMILES string of the molecule is CC(C)CC(=O)Nc1ccc(C(=O)NNC(=O)COc2ccc(Br)cc2Br)cc1. The first kappa shape index (κ1) is 22.9. The molecule has 0 aromatic heterocycles. The molecule has 3 N–H and O–H groups in total. The van der Waals surface area contributed by atoms with Gasteiger partial charge in [-0.3, -0.25) is 25.2 Å². The van der Waals surface area contributed by atoms with Crippen molar-refractivity contribution < 1.29 is 19.1 Å². The number of nitrogens with one attached hydrogen (secondary N) is 3. The third-order valence-electron chi connectivity index (χ3n) is 3.59. The van der Waals surface area contributed by atoms with Crippen LogP contribution in [0.1, 0.15) is 30.6 Å². The molecule has 29 heavy (non-hydrogen) atoms. The van der Waals surface area contributed by atoms with E-state index in [0.717, 1.165) is 4.47 Å². The molecule has 2 aromatic carbocycles. The number of hydrogen-bond donors (Lipinski definition) is 3. The highest BCUT2D eigenvalue weighted by Gasteiger charge is 2.10. The van der Waals surface area contributed by atoms with Crippen molar-refractivity contribution in [2.45, 2.75) is 20.3 Å². The van der Waals surface area contributed by atoms with Crippen molar-refractivity contribution in [2.24, 2.45) is 5.92 Å². The third kappa shape index (κ3) is 7.86. The average molecular weight is 527 g/mol. The number of benzene rings is 2. The predicted octanol–water partition coefficient (Wildman–Crippen LogP) is 4.04. The van der Waals surface area contributed by atoms with E-state index >= 15 is 0 Å². The highest BCUT2D eigenvalue weighted by atomic mass is 79.9. The van der Waals surface area contributed by atoms with Gasteiger partial charge in [0, 0.05) is 22.1 Å². The Hall–Kier alpha value is -2.39. The fraction of sp³-hybridized carbons (Fsp3) is 0.250. The van der Waals surface area contributed by atoms with Gasteiger partial charge in [0.15, 0.2) is 6.61 Å². The second kappa shape index (κ2) is 11.0. The van der Waals surface area contributed by atoms with Crippen molar-refractivity contribution in [3.8, 4) is 5.75 Å². The topological polar surface area (TPSA) is 96.5 Å². The van der Waals surface area contributed by atoms with Crippen molar-refractivity contribution in [2.75, 3.05) is 11.9 Å². The van der Waals surface area contributed by atoms with Gasteiger partial charge in [-0.05, 0) is 64.3 Å². The average Bonchev–Trinajstić information content (AvgIpc) is 2.65. The van der Waals surface area contributed by atoms with E-state index in [9.17, 15) is 14.4 Å². The summed E-state index contributed by atoms with van der Waals surface area (Å²) in [7, 11) is 0. The summed E-state index contributed by atoms with van der Waals surface area (Å²) in [5.74, 6) is -0.307. The molecule has 0 fully saturated rings. The fourth-order valence-electron chi connectivity index (χ4n) is 2.26. The number of amides is 3. The maximum atomic E-state index is 12.1. The lowest BCUT2D eigenvalue weighted by atomic mass is 10.1. The number of carbonyl (C=O) groups is 3. The summed E-state index contributed by atoms with van der Waals surface area (Å²) < 4.78 is 6.97. The Balaban J connectivity index is 1.79. The van der Waals surface area contributed by atoms with Crippen LogP contribution in [0.3, 0.4) is 0 Å². The Labute approximate surface area is 185 Å². The molecule has 3 amide bonds. The van der Waals surface area contributed by atoms with Crippen LogP contribution in [0.2, 0.25) is 0 Å². The highest BCUT2D eigenvalue weighted by Crippen LogP contribution is 2.28. The summed E-state index contributed by atoms with van der Waals surface area (Å²) in [5.41, 5.74) is 5.55. The van der Waals surface area contributed by atoms with Crippen molar-refractivity contribution in [3.05, 3.63) is 57.0 Å². The molecule has 154 valence electrons. The first-order chi connectivity index (χ1) is 13.7. The Kier molecular flexibility index (Phi) is 8.66. The van der Waals surface area contributed by atoms with Crippen LogP contribution in [-0.4, -0.2) is 24.3 Å². The first-order valence-corrected chi connectivity index (χ1v) is 10.4. The van der Waals surface area contributed by atoms with Gasteiger partial charge in [0.2, 0.25) is 5.91 Å². The normalized spacial score (nSPS) is 10.4. The maximum Gasteiger partial charge on any atom is 0.276 e. The largest absolute Gasteiger partial charge is 0.483 e. The lowest BCUT2D eigenvalue weighted by Crippen LogP contribution is -2.43. The van der Waals surface area contributed by atoms with Crippen LogP contribution < -0.4 is 20.9 Å². The van der Waals surface area contributed by atoms with Crippen LogP contribution in [0, 0.1) is 5.92 Å². The van der Waals surface area contributed by atoms with Crippen molar-refractivity contribution >= 4 is 55.3 Å². The number of halogens is 2. The highest BCUT2D eigenvalue weighted by molar-refractivity contribution is 9.11. The molecule has 0 saturated heterocycles. The molecule has 9 heteroatoms. The van der Waals surface area contributed by atoms with Gasteiger partial charge in [0.1, 0.15) is 5.75 Å². The van der Waals surface area contributed by atoms with E-state index in [1.807, 2.05) is 13.8 Å². The zero-order valence-electron chi connectivity index (χ0n) is 15.9. The molecule has 0 saturated carbocycles. The lowest BCUT2D eigenvalue weighted by molar-refractivity contribution is -0.123. The van der Waals surface area contributed by atoms with E-state index in [1.54, 1.807) is 42.5 Å². The van der Waals surface area contributed by atoms with Crippen molar-refractivity contribution in [1.82, 2.24) is 10.9 Å². The van der Waals surface area contributed by atoms with Crippen LogP contribution in [0.4, 0.5) is 5.69 Å². The van der Waals surface area contributed by atoms with Gasteiger partial charge >= 0.3 is 0 Å². The number of hydrazine groups is 1. The van der Waals surface area contributed by atoms with Gasteiger partial charge in [-0.15, -0.1) is 0 Å². The summed E-state index contributed by atoms with van der Waals surface area (Å²) >= 11 is 6.67. The standard InChI is InChI=1S/C20H21Br2N3O4/c1-12(2)9-18(26)23-15-6-3-13(4-7-15)20(28)25-24-19(27)11-29-17-8-5-14(21)10-16(17)22/h3-8,10,12H,9,11H2,1-2H3,(H,23,26)(H,24,27)(H,25,28). The molecule has 0 aliphatic heterocycles. The molecule has 0 aliphatic rings. The number of carbonyl (C=O) groups excluding carboxylic acids is 3. The minimum Gasteiger partial charge on any atom is -0.483 e. The van der Waals surface area contributed by atoms with Gasteiger partial charge in [0.05, 0.1) is 4.47 Å². The van der Waals surface area contributed by atoms with E-state index in [2.05, 4.69) is 48.0 Å².